The van der Waals surface area contributed by atoms with Crippen molar-refractivity contribution < 1.29 is 30.7 Å². The highest BCUT2D eigenvalue weighted by Crippen LogP contribution is 2.44. The number of aromatic nitrogens is 1. The van der Waals surface area contributed by atoms with Gasteiger partial charge in [0.25, 0.3) is 0 Å². The number of allylic oxidation sites excluding steroid dienone is 1. The molecule has 0 radical (unpaired) electrons. The number of halogens is 7. The molecule has 0 amide bonds. The molecule has 0 aliphatic heterocycles. The van der Waals surface area contributed by atoms with Gasteiger partial charge in [-0.1, -0.05) is 24.3 Å². The Bertz CT molecular complexity index is 790. The van der Waals surface area contributed by atoms with Crippen LogP contribution in [0.25, 0.3) is 10.9 Å². The Morgan fingerprint density at radius 2 is 1.72 bits per heavy atom. The summed E-state index contributed by atoms with van der Waals surface area (Å²) in [5.74, 6) is -6.27. The third-order valence-electron chi connectivity index (χ3n) is 3.30. The van der Waals surface area contributed by atoms with Gasteiger partial charge in [0.05, 0.1) is 6.21 Å². The zero-order valence-electron chi connectivity index (χ0n) is 12.5. The number of benzene rings is 1. The van der Waals surface area contributed by atoms with E-state index in [-0.39, 0.29) is 5.56 Å². The summed E-state index contributed by atoms with van der Waals surface area (Å²) in [6, 6.07) is 1.12. The lowest BCUT2D eigenvalue weighted by Gasteiger charge is -2.27. The molecule has 0 saturated heterocycles. The van der Waals surface area contributed by atoms with Crippen LogP contribution >= 0.6 is 0 Å². The first-order chi connectivity index (χ1) is 11.5. The van der Waals surface area contributed by atoms with E-state index in [1.54, 1.807) is 34.9 Å². The number of hydrazone groups is 1. The molecule has 0 unspecified atom stereocenters. The molecule has 25 heavy (non-hydrogen) atoms. The van der Waals surface area contributed by atoms with E-state index in [1.165, 1.54) is 6.20 Å². The van der Waals surface area contributed by atoms with Gasteiger partial charge >= 0.3 is 18.1 Å². The molecule has 0 aliphatic carbocycles. The highest BCUT2D eigenvalue weighted by atomic mass is 19.4. The highest BCUT2D eigenvalue weighted by molar-refractivity contribution is 5.99. The Labute approximate surface area is 137 Å². The molecular formula is C15H12F7N3. The van der Waals surface area contributed by atoms with Crippen molar-refractivity contribution in [3.05, 3.63) is 48.7 Å². The van der Waals surface area contributed by atoms with E-state index >= 15 is 0 Å². The maximum atomic E-state index is 13.1. The molecule has 0 aliphatic rings. The van der Waals surface area contributed by atoms with Gasteiger partial charge in [-0.15, -0.1) is 6.58 Å². The van der Waals surface area contributed by atoms with Gasteiger partial charge in [0.2, 0.25) is 0 Å². The fraction of sp³-hybridized carbons (Fsp3) is 0.267. The lowest BCUT2D eigenvalue weighted by Crippen LogP contribution is -2.58. The lowest BCUT2D eigenvalue weighted by atomic mass is 10.2. The molecule has 0 atom stereocenters. The van der Waals surface area contributed by atoms with Gasteiger partial charge in [-0.3, -0.25) is 0 Å². The molecule has 136 valence electrons. The van der Waals surface area contributed by atoms with Crippen molar-refractivity contribution in [3.8, 4) is 0 Å². The van der Waals surface area contributed by atoms with E-state index in [4.69, 9.17) is 0 Å². The molecule has 2 aromatic rings. The van der Waals surface area contributed by atoms with E-state index in [0.717, 1.165) is 6.21 Å². The van der Waals surface area contributed by atoms with E-state index in [9.17, 15) is 30.7 Å². The maximum absolute atomic E-state index is 13.1. The Balaban J connectivity index is 2.28. The Morgan fingerprint density at radius 3 is 2.32 bits per heavy atom. The van der Waals surface area contributed by atoms with Crippen LogP contribution in [-0.4, -0.2) is 28.9 Å². The average Bonchev–Trinajstić information content (AvgIpc) is 2.85. The van der Waals surface area contributed by atoms with Crippen LogP contribution in [0.15, 0.2) is 48.2 Å². The molecule has 0 fully saturated rings. The summed E-state index contributed by atoms with van der Waals surface area (Å²) in [5, 5.41) is 3.43. The number of alkyl halides is 7. The smallest absolute Gasteiger partial charge is 0.343 e. The number of rotatable bonds is 6. The van der Waals surface area contributed by atoms with Gasteiger partial charge in [-0.05, 0) is 6.07 Å². The van der Waals surface area contributed by atoms with Crippen molar-refractivity contribution in [1.29, 1.82) is 0 Å². The van der Waals surface area contributed by atoms with Crippen molar-refractivity contribution in [2.24, 2.45) is 5.10 Å². The minimum Gasteiger partial charge on any atom is -0.343 e. The topological polar surface area (TPSA) is 29.3 Å². The quantitative estimate of drug-likeness (QED) is 0.262. The summed E-state index contributed by atoms with van der Waals surface area (Å²) in [7, 11) is 0. The third-order valence-corrected chi connectivity index (χ3v) is 3.30. The number of nitrogens with zero attached hydrogens (tertiary/aromatic N) is 2. The normalized spacial score (nSPS) is 13.6. The largest absolute Gasteiger partial charge is 0.462 e. The minimum atomic E-state index is -6.42. The van der Waals surface area contributed by atoms with E-state index in [2.05, 4.69) is 11.7 Å². The number of para-hydroxylation sites is 1. The predicted molar refractivity (Wildman–Crippen MR) is 78.8 cm³/mol. The van der Waals surface area contributed by atoms with Crippen LogP contribution in [0, 0.1) is 0 Å². The first kappa shape index (κ1) is 18.8. The second-order valence-corrected chi connectivity index (χ2v) is 5.06. The van der Waals surface area contributed by atoms with Gasteiger partial charge < -0.3 is 4.57 Å². The van der Waals surface area contributed by atoms with Crippen molar-refractivity contribution in [3.63, 3.8) is 0 Å². The summed E-state index contributed by atoms with van der Waals surface area (Å²) >= 11 is 0. The zero-order valence-corrected chi connectivity index (χ0v) is 12.5. The van der Waals surface area contributed by atoms with Crippen molar-refractivity contribution >= 4 is 17.1 Å². The third kappa shape index (κ3) is 3.47. The van der Waals surface area contributed by atoms with E-state index in [0.29, 0.717) is 22.9 Å². The van der Waals surface area contributed by atoms with Gasteiger partial charge in [0.1, 0.15) is 0 Å². The number of hydrogen-bond acceptors (Lipinski definition) is 2. The molecule has 0 saturated carbocycles. The maximum Gasteiger partial charge on any atom is 0.462 e. The molecule has 0 bridgehead atoms. The summed E-state index contributed by atoms with van der Waals surface area (Å²) in [6.07, 6.45) is -2.61. The summed E-state index contributed by atoms with van der Waals surface area (Å²) in [5.41, 5.74) is 1.55. The summed E-state index contributed by atoms with van der Waals surface area (Å²) in [4.78, 5) is 0. The van der Waals surface area contributed by atoms with Crippen molar-refractivity contribution in [2.45, 2.75) is 24.7 Å². The molecule has 3 nitrogen and oxygen atoms in total. The molecule has 2 rings (SSSR count). The Morgan fingerprint density at radius 1 is 1.08 bits per heavy atom. The van der Waals surface area contributed by atoms with Crippen LogP contribution in [0.5, 0.6) is 0 Å². The van der Waals surface area contributed by atoms with Crippen LogP contribution in [0.2, 0.25) is 0 Å². The molecular weight excluding hydrogens is 355 g/mol. The molecule has 1 aromatic carbocycles. The Hall–Kier alpha value is -2.52. The average molecular weight is 367 g/mol. The first-order valence-electron chi connectivity index (χ1n) is 6.82. The number of hydrogen-bond donors (Lipinski definition) is 1. The zero-order chi connectivity index (χ0) is 18.9. The lowest BCUT2D eigenvalue weighted by molar-refractivity contribution is -0.361. The standard InChI is InChI=1S/C15H12F7N3/c1-2-7-25-9-10(11-5-3-4-6-12(11)25)8-23-24-15(21,22)13(16,17)14(18,19)20/h2-6,8-9,24H,1,7H2/b23-8-. The predicted octanol–water partition coefficient (Wildman–Crippen LogP) is 4.54. The van der Waals surface area contributed by atoms with E-state index in [1.807, 2.05) is 0 Å². The van der Waals surface area contributed by atoms with Crippen LogP contribution in [0.4, 0.5) is 30.7 Å². The molecule has 0 spiro atoms. The van der Waals surface area contributed by atoms with Crippen LogP contribution < -0.4 is 5.43 Å². The monoisotopic (exact) mass is 367 g/mol. The molecule has 1 heterocycles. The highest BCUT2D eigenvalue weighted by Gasteiger charge is 2.73. The van der Waals surface area contributed by atoms with Gasteiger partial charge in [-0.25, -0.2) is 5.43 Å². The van der Waals surface area contributed by atoms with Crippen LogP contribution in [0.1, 0.15) is 5.56 Å². The van der Waals surface area contributed by atoms with Gasteiger partial charge in [0, 0.05) is 29.2 Å². The van der Waals surface area contributed by atoms with Crippen LogP contribution in [0.3, 0.4) is 0 Å². The fourth-order valence-electron chi connectivity index (χ4n) is 2.10. The van der Waals surface area contributed by atoms with E-state index < -0.39 is 18.1 Å². The first-order valence-corrected chi connectivity index (χ1v) is 6.82. The second-order valence-electron chi connectivity index (χ2n) is 5.06. The molecule has 1 aromatic heterocycles. The van der Waals surface area contributed by atoms with Crippen LogP contribution in [-0.2, 0) is 6.54 Å². The number of nitrogens with one attached hydrogen (secondary N) is 1. The summed E-state index contributed by atoms with van der Waals surface area (Å²) < 4.78 is 89.6. The molecule has 1 N–H and O–H groups in total. The van der Waals surface area contributed by atoms with Gasteiger partial charge in [-0.2, -0.15) is 35.8 Å². The van der Waals surface area contributed by atoms with Gasteiger partial charge in [0.15, 0.2) is 0 Å². The second kappa shape index (κ2) is 6.41. The molecule has 10 heteroatoms. The van der Waals surface area contributed by atoms with Crippen molar-refractivity contribution in [1.82, 2.24) is 9.99 Å². The number of fused-ring (bicyclic) bond motifs is 1. The SMILES string of the molecule is C=CCn1cc(/C=N\NC(F)(F)C(F)(F)C(F)(F)F)c2ccccc21. The minimum absolute atomic E-state index is 0.260. The van der Waals surface area contributed by atoms with Crippen molar-refractivity contribution in [2.75, 3.05) is 0 Å². The Kier molecular flexibility index (Phi) is 4.83. The fourth-order valence-corrected chi connectivity index (χ4v) is 2.10. The summed E-state index contributed by atoms with van der Waals surface area (Å²) in [6.45, 7) is 3.94.